The molecule has 0 fully saturated rings. The molecule has 0 aromatic carbocycles. The van der Waals surface area contributed by atoms with Crippen molar-refractivity contribution in [2.45, 2.75) is 77.0 Å². The maximum Gasteiger partial charge on any atom is 0.325 e. The molecule has 5 atom stereocenters. The molecule has 0 heterocycles. The minimum atomic E-state index is -1.17. The molecule has 0 rings (SSSR count). The Balaban J connectivity index is 5.26. The summed E-state index contributed by atoms with van der Waals surface area (Å²) >= 11 is 1.50. The average molecular weight is 462 g/mol. The zero-order valence-corrected chi connectivity index (χ0v) is 19.8. The van der Waals surface area contributed by atoms with E-state index < -0.39 is 47.9 Å². The Bertz CT molecular complexity index is 592. The van der Waals surface area contributed by atoms with Crippen LogP contribution in [-0.4, -0.2) is 71.5 Å². The van der Waals surface area contributed by atoms with Gasteiger partial charge in [0.15, 0.2) is 0 Å². The van der Waals surface area contributed by atoms with Crippen molar-refractivity contribution in [2.24, 2.45) is 17.4 Å². The lowest BCUT2D eigenvalue weighted by molar-refractivity contribution is -0.141. The maximum atomic E-state index is 13.0. The molecule has 0 saturated carbocycles. The first-order valence-corrected chi connectivity index (χ1v) is 12.1. The molecule has 3 amide bonds. The molecule has 0 aliphatic heterocycles. The van der Waals surface area contributed by atoms with Crippen molar-refractivity contribution < 1.29 is 24.3 Å². The first-order chi connectivity index (χ1) is 14.6. The summed E-state index contributed by atoms with van der Waals surface area (Å²) in [5, 5.41) is 16.8. The van der Waals surface area contributed by atoms with E-state index in [1.807, 2.05) is 20.1 Å². The molecule has 0 aliphatic rings. The molecular weight excluding hydrogens is 422 g/mol. The summed E-state index contributed by atoms with van der Waals surface area (Å²) in [6, 6.07) is -3.61. The van der Waals surface area contributed by atoms with Crippen LogP contribution in [0.5, 0.6) is 0 Å². The summed E-state index contributed by atoms with van der Waals surface area (Å²) in [6.45, 7) is 5.59. The third-order valence-corrected chi connectivity index (χ3v) is 5.72. The SMILES string of the molecule is CCC(C)C(NC(=O)C(N)CCCCN)C(=O)NC(CCSC)C(=O)NC(C)C(=O)O. The number of carboxylic acids is 1. The number of carboxylic acid groups (broad SMARTS) is 1. The molecule has 0 bridgehead atoms. The maximum absolute atomic E-state index is 13.0. The molecule has 5 unspecified atom stereocenters. The lowest BCUT2D eigenvalue weighted by atomic mass is 9.97. The zero-order valence-electron chi connectivity index (χ0n) is 19.0. The smallest absolute Gasteiger partial charge is 0.325 e. The van der Waals surface area contributed by atoms with Crippen LogP contribution in [-0.2, 0) is 19.2 Å². The van der Waals surface area contributed by atoms with E-state index in [0.29, 0.717) is 38.0 Å². The highest BCUT2D eigenvalue weighted by Gasteiger charge is 2.31. The van der Waals surface area contributed by atoms with Gasteiger partial charge in [-0.05, 0) is 50.7 Å². The van der Waals surface area contributed by atoms with Gasteiger partial charge in [-0.2, -0.15) is 11.8 Å². The first-order valence-electron chi connectivity index (χ1n) is 10.7. The minimum Gasteiger partial charge on any atom is -0.480 e. The highest BCUT2D eigenvalue weighted by Crippen LogP contribution is 2.11. The predicted molar refractivity (Wildman–Crippen MR) is 122 cm³/mol. The number of carbonyl (C=O) groups excluding carboxylic acids is 3. The molecule has 31 heavy (non-hydrogen) atoms. The summed E-state index contributed by atoms with van der Waals surface area (Å²) in [6.07, 6.45) is 4.75. The molecule has 0 aliphatic carbocycles. The molecule has 8 N–H and O–H groups in total. The fraction of sp³-hybridized carbons (Fsp3) is 0.800. The van der Waals surface area contributed by atoms with Gasteiger partial charge in [0.05, 0.1) is 6.04 Å². The average Bonchev–Trinajstić information content (AvgIpc) is 2.73. The Morgan fingerprint density at radius 3 is 2.13 bits per heavy atom. The van der Waals surface area contributed by atoms with Gasteiger partial charge in [-0.1, -0.05) is 26.7 Å². The van der Waals surface area contributed by atoms with Gasteiger partial charge < -0.3 is 32.5 Å². The van der Waals surface area contributed by atoms with Crippen LogP contribution in [0, 0.1) is 5.92 Å². The van der Waals surface area contributed by atoms with Gasteiger partial charge in [0, 0.05) is 0 Å². The van der Waals surface area contributed by atoms with Gasteiger partial charge in [0.1, 0.15) is 18.1 Å². The van der Waals surface area contributed by atoms with Crippen LogP contribution in [0.2, 0.25) is 0 Å². The van der Waals surface area contributed by atoms with Crippen molar-refractivity contribution in [3.63, 3.8) is 0 Å². The lowest BCUT2D eigenvalue weighted by Crippen LogP contribution is -2.58. The Morgan fingerprint density at radius 1 is 0.968 bits per heavy atom. The van der Waals surface area contributed by atoms with Crippen molar-refractivity contribution in [2.75, 3.05) is 18.6 Å². The Morgan fingerprint density at radius 2 is 1.61 bits per heavy atom. The number of rotatable bonds is 16. The molecule has 0 aromatic heterocycles. The van der Waals surface area contributed by atoms with Gasteiger partial charge in [-0.15, -0.1) is 0 Å². The van der Waals surface area contributed by atoms with Crippen LogP contribution in [0.3, 0.4) is 0 Å². The van der Waals surface area contributed by atoms with Crippen LogP contribution in [0.4, 0.5) is 0 Å². The van der Waals surface area contributed by atoms with Crippen LogP contribution in [0.1, 0.15) is 52.9 Å². The molecule has 0 spiro atoms. The second kappa shape index (κ2) is 15.9. The van der Waals surface area contributed by atoms with E-state index >= 15 is 0 Å². The molecule has 0 saturated heterocycles. The zero-order chi connectivity index (χ0) is 24.0. The number of nitrogens with two attached hydrogens (primary N) is 2. The van der Waals surface area contributed by atoms with E-state index in [9.17, 15) is 19.2 Å². The molecule has 11 heteroatoms. The van der Waals surface area contributed by atoms with Gasteiger partial charge in [-0.3, -0.25) is 19.2 Å². The van der Waals surface area contributed by atoms with E-state index in [0.717, 1.165) is 6.42 Å². The fourth-order valence-electron chi connectivity index (χ4n) is 2.74. The summed E-state index contributed by atoms with van der Waals surface area (Å²) < 4.78 is 0. The number of hydrogen-bond acceptors (Lipinski definition) is 7. The Kier molecular flexibility index (Phi) is 14.9. The van der Waals surface area contributed by atoms with Crippen molar-refractivity contribution in [3.8, 4) is 0 Å². The Hall–Kier alpha value is -1.85. The van der Waals surface area contributed by atoms with E-state index in [1.165, 1.54) is 18.7 Å². The minimum absolute atomic E-state index is 0.192. The largest absolute Gasteiger partial charge is 0.480 e. The van der Waals surface area contributed by atoms with Gasteiger partial charge in [0.25, 0.3) is 0 Å². The van der Waals surface area contributed by atoms with Crippen LogP contribution in [0.25, 0.3) is 0 Å². The first kappa shape index (κ1) is 29.1. The van der Waals surface area contributed by atoms with Gasteiger partial charge >= 0.3 is 5.97 Å². The van der Waals surface area contributed by atoms with Gasteiger partial charge in [-0.25, -0.2) is 0 Å². The third kappa shape index (κ3) is 11.4. The number of hydrogen-bond donors (Lipinski definition) is 6. The van der Waals surface area contributed by atoms with Crippen molar-refractivity contribution in [1.29, 1.82) is 0 Å². The Labute approximate surface area is 189 Å². The number of unbranched alkanes of at least 4 members (excludes halogenated alkanes) is 1. The standard InChI is InChI=1S/C20H39N5O5S/c1-5-12(2)16(25-17(26)14(22)8-6-7-10-21)19(28)24-15(9-11-31-4)18(27)23-13(3)20(29)30/h12-16H,5-11,21-22H2,1-4H3,(H,23,27)(H,24,28)(H,25,26)(H,29,30). The quantitative estimate of drug-likeness (QED) is 0.171. The summed E-state index contributed by atoms with van der Waals surface area (Å²) in [4.78, 5) is 49.0. The number of nitrogens with one attached hydrogen (secondary N) is 3. The summed E-state index contributed by atoms with van der Waals surface area (Å²) in [5.74, 6) is -2.28. The van der Waals surface area contributed by atoms with E-state index in [-0.39, 0.29) is 5.92 Å². The number of thioether (sulfide) groups is 1. The predicted octanol–water partition coefficient (Wildman–Crippen LogP) is -0.199. The van der Waals surface area contributed by atoms with Crippen LogP contribution < -0.4 is 27.4 Å². The van der Waals surface area contributed by atoms with E-state index in [2.05, 4.69) is 16.0 Å². The lowest BCUT2D eigenvalue weighted by Gasteiger charge is -2.27. The monoisotopic (exact) mass is 461 g/mol. The second-order valence-electron chi connectivity index (χ2n) is 7.67. The highest BCUT2D eigenvalue weighted by atomic mass is 32.2. The van der Waals surface area contributed by atoms with Crippen molar-refractivity contribution in [1.82, 2.24) is 16.0 Å². The van der Waals surface area contributed by atoms with Gasteiger partial charge in [0.2, 0.25) is 17.7 Å². The van der Waals surface area contributed by atoms with Crippen LogP contribution >= 0.6 is 11.8 Å². The van der Waals surface area contributed by atoms with Crippen molar-refractivity contribution in [3.05, 3.63) is 0 Å². The normalized spacial score (nSPS) is 15.8. The molecule has 0 radical (unpaired) electrons. The highest BCUT2D eigenvalue weighted by molar-refractivity contribution is 7.98. The number of aliphatic carboxylic acids is 1. The van der Waals surface area contributed by atoms with Crippen LogP contribution in [0.15, 0.2) is 0 Å². The van der Waals surface area contributed by atoms with E-state index in [4.69, 9.17) is 16.6 Å². The number of carbonyl (C=O) groups is 4. The van der Waals surface area contributed by atoms with Crippen molar-refractivity contribution >= 4 is 35.5 Å². The topological polar surface area (TPSA) is 177 Å². The fourth-order valence-corrected chi connectivity index (χ4v) is 3.22. The molecule has 10 nitrogen and oxygen atoms in total. The molecular formula is C20H39N5O5S. The molecule has 180 valence electrons. The summed E-state index contributed by atoms with van der Waals surface area (Å²) in [7, 11) is 0. The number of amides is 3. The molecule has 0 aromatic rings. The van der Waals surface area contributed by atoms with E-state index in [1.54, 1.807) is 0 Å². The third-order valence-electron chi connectivity index (χ3n) is 5.07. The summed E-state index contributed by atoms with van der Waals surface area (Å²) in [5.41, 5.74) is 11.4. The second-order valence-corrected chi connectivity index (χ2v) is 8.66.